The number of rotatable bonds is 7. The molecule has 2 aliphatic rings. The van der Waals surface area contributed by atoms with Gasteiger partial charge < -0.3 is 29.5 Å². The highest BCUT2D eigenvalue weighted by atomic mass is 35.5. The van der Waals surface area contributed by atoms with Crippen LogP contribution in [0, 0.1) is 11.3 Å². The Labute approximate surface area is 168 Å². The summed E-state index contributed by atoms with van der Waals surface area (Å²) in [5.41, 5.74) is -0.0477. The number of nitrogens with zero attached hydrogens (tertiary/aromatic N) is 4. The van der Waals surface area contributed by atoms with Crippen molar-refractivity contribution < 1.29 is 37.8 Å². The lowest BCUT2D eigenvalue weighted by Gasteiger charge is -2.24. The van der Waals surface area contributed by atoms with Gasteiger partial charge in [-0.05, 0) is 30.4 Å². The van der Waals surface area contributed by atoms with Gasteiger partial charge in [-0.25, -0.2) is 14.1 Å². The van der Waals surface area contributed by atoms with E-state index in [1.807, 2.05) is 0 Å². The van der Waals surface area contributed by atoms with Gasteiger partial charge in [-0.15, -0.1) is 0 Å². The number of fused-ring (bicyclic) bond motifs is 2. The summed E-state index contributed by atoms with van der Waals surface area (Å²) in [6.07, 6.45) is 1.12. The van der Waals surface area contributed by atoms with Crippen LogP contribution in [0.15, 0.2) is 6.33 Å². The summed E-state index contributed by atoms with van der Waals surface area (Å²) in [6, 6.07) is -0.340. The number of imidazole rings is 1. The molecular weight excluding hydrogens is 452 g/mol. The van der Waals surface area contributed by atoms with Gasteiger partial charge in [-0.2, -0.15) is 9.97 Å². The Morgan fingerprint density at radius 3 is 2.66 bits per heavy atom. The summed E-state index contributed by atoms with van der Waals surface area (Å²) in [4.78, 5) is 49.2. The highest BCUT2D eigenvalue weighted by Gasteiger charge is 2.70. The van der Waals surface area contributed by atoms with Gasteiger partial charge >= 0.3 is 15.6 Å². The molecule has 0 unspecified atom stereocenters. The van der Waals surface area contributed by atoms with E-state index in [1.54, 1.807) is 11.6 Å². The number of nitrogens with one attached hydrogen (secondary N) is 1. The minimum atomic E-state index is -4.84. The van der Waals surface area contributed by atoms with Gasteiger partial charge in [0.2, 0.25) is 5.28 Å². The number of hydrogen-bond acceptors (Lipinski definition) is 8. The second-order valence-electron chi connectivity index (χ2n) is 7.11. The van der Waals surface area contributed by atoms with E-state index >= 15 is 0 Å². The van der Waals surface area contributed by atoms with E-state index < -0.39 is 33.8 Å². The van der Waals surface area contributed by atoms with E-state index in [-0.39, 0.29) is 23.7 Å². The minimum absolute atomic E-state index is 0.00323. The average molecular weight is 470 g/mol. The first-order valence-electron chi connectivity index (χ1n) is 8.45. The van der Waals surface area contributed by atoms with Crippen LogP contribution in [0.3, 0.4) is 0 Å². The molecule has 2 fully saturated rings. The average Bonchev–Trinajstić information content (AvgIpc) is 3.07. The second kappa shape index (κ2) is 6.94. The molecule has 29 heavy (non-hydrogen) atoms. The van der Waals surface area contributed by atoms with E-state index in [4.69, 9.17) is 25.9 Å². The van der Waals surface area contributed by atoms with Crippen LogP contribution < -0.4 is 5.32 Å². The number of aromatic nitrogens is 4. The Balaban J connectivity index is 1.70. The fourth-order valence-corrected chi connectivity index (χ4v) is 5.45. The van der Waals surface area contributed by atoms with Gasteiger partial charge in [-0.3, -0.25) is 9.05 Å². The molecule has 0 aliphatic heterocycles. The Bertz CT molecular complexity index is 1060. The van der Waals surface area contributed by atoms with Crippen molar-refractivity contribution in [2.24, 2.45) is 11.3 Å². The minimum Gasteiger partial charge on any atom is -0.371 e. The van der Waals surface area contributed by atoms with Gasteiger partial charge in [0.1, 0.15) is 0 Å². The Morgan fingerprint density at radius 2 is 2.03 bits per heavy atom. The molecule has 2 aromatic heterocycles. The van der Waals surface area contributed by atoms with Crippen molar-refractivity contribution in [1.29, 1.82) is 0 Å². The highest BCUT2D eigenvalue weighted by Crippen LogP contribution is 2.71. The SMILES string of the molecule is CNc1nc(Cl)nc2c1ncn2[C@H]1C[C@@H](OP(=O)(O)O)[C@]2(COP(=O)(O)O)C[C@H]12. The summed E-state index contributed by atoms with van der Waals surface area (Å²) >= 11 is 5.99. The molecule has 0 spiro atoms. The lowest BCUT2D eigenvalue weighted by molar-refractivity contribution is 0.0499. The summed E-state index contributed by atoms with van der Waals surface area (Å²) < 4.78 is 33.9. The van der Waals surface area contributed by atoms with Crippen molar-refractivity contribution >= 4 is 44.2 Å². The van der Waals surface area contributed by atoms with E-state index in [0.29, 0.717) is 23.4 Å². The zero-order chi connectivity index (χ0) is 21.2. The number of halogens is 1. The van der Waals surface area contributed by atoms with Crippen LogP contribution in [0.25, 0.3) is 11.2 Å². The molecular formula is C13H18ClN5O8P2. The molecule has 160 valence electrons. The normalized spacial score (nSPS) is 29.2. The predicted octanol–water partition coefficient (Wildman–Crippen LogP) is 1.06. The van der Waals surface area contributed by atoms with E-state index in [1.165, 1.54) is 6.33 Å². The fourth-order valence-electron chi connectivity index (χ4n) is 4.25. The van der Waals surface area contributed by atoms with E-state index in [0.717, 1.165) is 0 Å². The monoisotopic (exact) mass is 469 g/mol. The zero-order valence-corrected chi connectivity index (χ0v) is 17.5. The van der Waals surface area contributed by atoms with Gasteiger partial charge in [0.15, 0.2) is 17.0 Å². The lowest BCUT2D eigenvalue weighted by atomic mass is 10.0. The molecule has 16 heteroatoms. The van der Waals surface area contributed by atoms with Gasteiger partial charge in [0.05, 0.1) is 19.0 Å². The lowest BCUT2D eigenvalue weighted by Crippen LogP contribution is -2.26. The number of anilines is 1. The van der Waals surface area contributed by atoms with Crippen LogP contribution in [0.5, 0.6) is 0 Å². The van der Waals surface area contributed by atoms with Crippen LogP contribution in [0.1, 0.15) is 18.9 Å². The maximum atomic E-state index is 11.4. The van der Waals surface area contributed by atoms with E-state index in [9.17, 15) is 18.9 Å². The molecule has 4 rings (SSSR count). The highest BCUT2D eigenvalue weighted by molar-refractivity contribution is 7.46. The summed E-state index contributed by atoms with van der Waals surface area (Å²) in [7, 11) is -7.94. The van der Waals surface area contributed by atoms with Crippen LogP contribution in [0.4, 0.5) is 5.82 Å². The van der Waals surface area contributed by atoms with Crippen molar-refractivity contribution in [2.75, 3.05) is 19.0 Å². The molecule has 5 N–H and O–H groups in total. The molecule has 0 saturated heterocycles. The third-order valence-electron chi connectivity index (χ3n) is 5.49. The van der Waals surface area contributed by atoms with Crippen LogP contribution >= 0.6 is 27.2 Å². The summed E-state index contributed by atoms with van der Waals surface area (Å²) in [5, 5.41) is 2.87. The van der Waals surface area contributed by atoms with Crippen LogP contribution in [-0.2, 0) is 18.2 Å². The first kappa shape index (κ1) is 21.1. The van der Waals surface area contributed by atoms with Gasteiger partial charge in [0.25, 0.3) is 0 Å². The van der Waals surface area contributed by atoms with Crippen molar-refractivity contribution in [3.05, 3.63) is 11.6 Å². The summed E-state index contributed by atoms with van der Waals surface area (Å²) in [5.74, 6) is 0.210. The Kier molecular flexibility index (Phi) is 5.05. The molecule has 4 atom stereocenters. The Morgan fingerprint density at radius 1 is 1.31 bits per heavy atom. The van der Waals surface area contributed by atoms with Crippen LogP contribution in [0.2, 0.25) is 5.28 Å². The topological polar surface area (TPSA) is 189 Å². The maximum Gasteiger partial charge on any atom is 0.469 e. The predicted molar refractivity (Wildman–Crippen MR) is 99.0 cm³/mol. The molecule has 13 nitrogen and oxygen atoms in total. The standard InChI is InChI=1S/C13H18ClN5O8P2/c1-15-10-9-11(18-12(14)17-10)19(5-16-9)7-2-8(27-29(23,24)25)13(3-6(7)13)4-26-28(20,21)22/h5-8H,2-4H2,1H3,(H,15,17,18)(H2,20,21,22)(H2,23,24,25)/t6-,7+,8-,13+/m1/s1. The maximum absolute atomic E-state index is 11.4. The smallest absolute Gasteiger partial charge is 0.371 e. The van der Waals surface area contributed by atoms with Crippen molar-refractivity contribution in [3.8, 4) is 0 Å². The van der Waals surface area contributed by atoms with Gasteiger partial charge in [-0.1, -0.05) is 0 Å². The first-order chi connectivity index (χ1) is 13.4. The van der Waals surface area contributed by atoms with Gasteiger partial charge in [0, 0.05) is 18.5 Å². The molecule has 2 saturated carbocycles. The van der Waals surface area contributed by atoms with E-state index in [2.05, 4.69) is 24.8 Å². The number of phosphoric acid groups is 2. The molecule has 0 amide bonds. The largest absolute Gasteiger partial charge is 0.469 e. The second-order valence-corrected chi connectivity index (χ2v) is 9.88. The third kappa shape index (κ3) is 3.95. The molecule has 0 radical (unpaired) electrons. The molecule has 2 aromatic rings. The molecule has 0 bridgehead atoms. The Hall–Kier alpha value is -1.14. The third-order valence-corrected chi connectivity index (χ3v) is 6.66. The first-order valence-corrected chi connectivity index (χ1v) is 11.9. The summed E-state index contributed by atoms with van der Waals surface area (Å²) in [6.45, 7) is -0.396. The molecule has 2 heterocycles. The molecule has 2 aliphatic carbocycles. The van der Waals surface area contributed by atoms with Crippen molar-refractivity contribution in [3.63, 3.8) is 0 Å². The quantitative estimate of drug-likeness (QED) is 0.287. The number of hydrogen-bond donors (Lipinski definition) is 5. The fraction of sp³-hybridized carbons (Fsp3) is 0.615. The zero-order valence-electron chi connectivity index (χ0n) is 14.9. The van der Waals surface area contributed by atoms with Crippen LogP contribution in [-0.4, -0.2) is 58.9 Å². The molecule has 0 aromatic carbocycles. The number of phosphoric ester groups is 2. The van der Waals surface area contributed by atoms with Crippen molar-refractivity contribution in [1.82, 2.24) is 19.5 Å². The van der Waals surface area contributed by atoms with Crippen molar-refractivity contribution in [2.45, 2.75) is 25.0 Å².